The summed E-state index contributed by atoms with van der Waals surface area (Å²) in [5, 5.41) is 20.3. The number of carbonyl (C=O) groups is 1. The van der Waals surface area contributed by atoms with Crippen LogP contribution in [0.4, 0.5) is 4.39 Å². The Balaban J connectivity index is 1.43. The van der Waals surface area contributed by atoms with Gasteiger partial charge in [0, 0.05) is 25.2 Å². The number of aromatic hydroxyl groups is 1. The summed E-state index contributed by atoms with van der Waals surface area (Å²) in [6.07, 6.45) is 3.94. The number of rotatable bonds is 10. The summed E-state index contributed by atoms with van der Waals surface area (Å²) in [5.41, 5.74) is 0.352. The molecule has 0 bridgehead atoms. The Labute approximate surface area is 217 Å². The maximum absolute atomic E-state index is 13.2. The second-order valence-corrected chi connectivity index (χ2v) is 10.7. The fraction of sp³-hybridized carbons (Fsp3) is 0.462. The Morgan fingerprint density at radius 1 is 1.16 bits per heavy atom. The van der Waals surface area contributed by atoms with Gasteiger partial charge in [0.2, 0.25) is 5.43 Å². The van der Waals surface area contributed by atoms with E-state index in [-0.39, 0.29) is 41.2 Å². The minimum atomic E-state index is -0.660. The van der Waals surface area contributed by atoms with Crippen molar-refractivity contribution >= 4 is 17.2 Å². The molecule has 1 aromatic carbocycles. The number of amides is 1. The van der Waals surface area contributed by atoms with Gasteiger partial charge in [-0.15, -0.1) is 10.2 Å². The molecule has 2 aliphatic rings. The van der Waals surface area contributed by atoms with Gasteiger partial charge in [-0.05, 0) is 44.4 Å². The lowest BCUT2D eigenvalue weighted by atomic mass is 10.1. The third kappa shape index (κ3) is 5.58. The fourth-order valence-electron chi connectivity index (χ4n) is 4.41. The maximum atomic E-state index is 13.2. The van der Waals surface area contributed by atoms with E-state index in [2.05, 4.69) is 10.2 Å². The van der Waals surface area contributed by atoms with Crippen LogP contribution in [0.3, 0.4) is 0 Å². The molecule has 5 rings (SSSR count). The van der Waals surface area contributed by atoms with Crippen LogP contribution in [-0.2, 0) is 15.9 Å². The molecule has 1 fully saturated rings. The first kappa shape index (κ1) is 25.5. The van der Waals surface area contributed by atoms with Gasteiger partial charge >= 0.3 is 0 Å². The molecular weight excluding hydrogens is 499 g/mol. The first-order valence-corrected chi connectivity index (χ1v) is 13.2. The molecule has 9 nitrogen and oxygen atoms in total. The summed E-state index contributed by atoms with van der Waals surface area (Å²) < 4.78 is 26.3. The molecule has 0 saturated heterocycles. The largest absolute Gasteiger partial charge is 0.503 e. The predicted octanol–water partition coefficient (Wildman–Crippen LogP) is 3.40. The predicted molar refractivity (Wildman–Crippen MR) is 135 cm³/mol. The van der Waals surface area contributed by atoms with E-state index in [1.165, 1.54) is 23.5 Å². The van der Waals surface area contributed by atoms with Crippen LogP contribution in [0.5, 0.6) is 5.75 Å². The number of benzene rings is 1. The lowest BCUT2D eigenvalue weighted by Gasteiger charge is -2.36. The van der Waals surface area contributed by atoms with Crippen LogP contribution < -0.4 is 5.43 Å². The number of carbonyl (C=O) groups excluding carboxylic acids is 1. The van der Waals surface area contributed by atoms with E-state index >= 15 is 0 Å². The van der Waals surface area contributed by atoms with Gasteiger partial charge in [0.05, 0.1) is 37.5 Å². The van der Waals surface area contributed by atoms with Crippen molar-refractivity contribution in [2.75, 3.05) is 26.4 Å². The van der Waals surface area contributed by atoms with E-state index in [1.807, 2.05) is 13.8 Å². The van der Waals surface area contributed by atoms with Gasteiger partial charge in [-0.1, -0.05) is 23.5 Å². The second-order valence-electron chi connectivity index (χ2n) is 9.62. The first-order valence-electron chi connectivity index (χ1n) is 12.4. The van der Waals surface area contributed by atoms with Crippen LogP contribution in [0, 0.1) is 5.82 Å². The third-order valence-corrected chi connectivity index (χ3v) is 7.37. The second kappa shape index (κ2) is 10.7. The number of hydrogen-bond acceptors (Lipinski definition) is 8. The fourth-order valence-corrected chi connectivity index (χ4v) is 5.29. The van der Waals surface area contributed by atoms with Crippen LogP contribution in [0.1, 0.15) is 53.8 Å². The maximum Gasteiger partial charge on any atom is 0.274 e. The van der Waals surface area contributed by atoms with Crippen molar-refractivity contribution in [3.05, 3.63) is 62.8 Å². The highest BCUT2D eigenvalue weighted by Gasteiger charge is 2.41. The van der Waals surface area contributed by atoms with Crippen molar-refractivity contribution in [3.63, 3.8) is 0 Å². The van der Waals surface area contributed by atoms with Crippen molar-refractivity contribution in [1.29, 1.82) is 0 Å². The Morgan fingerprint density at radius 2 is 1.92 bits per heavy atom. The van der Waals surface area contributed by atoms with Gasteiger partial charge in [0.25, 0.3) is 5.91 Å². The molecule has 1 atom stereocenters. The summed E-state index contributed by atoms with van der Waals surface area (Å²) in [6, 6.07) is 5.94. The monoisotopic (exact) mass is 528 g/mol. The molecule has 1 N–H and O–H groups in total. The zero-order valence-corrected chi connectivity index (χ0v) is 21.5. The summed E-state index contributed by atoms with van der Waals surface area (Å²) in [6.45, 7) is 5.47. The number of ether oxygens (including phenoxy) is 2. The molecule has 1 saturated carbocycles. The molecule has 3 heterocycles. The highest BCUT2D eigenvalue weighted by atomic mass is 32.1. The van der Waals surface area contributed by atoms with Gasteiger partial charge in [-0.25, -0.2) is 4.39 Å². The first-order chi connectivity index (χ1) is 17.8. The van der Waals surface area contributed by atoms with Gasteiger partial charge in [0.1, 0.15) is 10.8 Å². The zero-order chi connectivity index (χ0) is 26.1. The van der Waals surface area contributed by atoms with Crippen LogP contribution in [0.2, 0.25) is 0 Å². The van der Waals surface area contributed by atoms with Crippen molar-refractivity contribution < 1.29 is 23.8 Å². The Bertz CT molecular complexity index is 1340. The number of aromatic nitrogens is 3. The average Bonchev–Trinajstić information content (AvgIpc) is 3.61. The van der Waals surface area contributed by atoms with Crippen LogP contribution in [0.25, 0.3) is 10.6 Å². The molecule has 2 aromatic heterocycles. The molecule has 1 amide bonds. The normalized spacial score (nSPS) is 17.5. The van der Waals surface area contributed by atoms with Gasteiger partial charge in [-0.3, -0.25) is 9.59 Å². The quantitative estimate of drug-likeness (QED) is 0.402. The van der Waals surface area contributed by atoms with Gasteiger partial charge in [0.15, 0.2) is 16.5 Å². The molecule has 0 spiro atoms. The zero-order valence-electron chi connectivity index (χ0n) is 20.7. The van der Waals surface area contributed by atoms with Crippen molar-refractivity contribution in [2.24, 2.45) is 0 Å². The summed E-state index contributed by atoms with van der Waals surface area (Å²) in [5.74, 6) is -1.26. The van der Waals surface area contributed by atoms with Gasteiger partial charge < -0.3 is 24.0 Å². The SMILES string of the molecule is CC(C)OCCOC[C@H]1CN(C2CC2)C(=O)c2c(O)c(=O)c(-c3nnc(Cc4ccc(F)cc4)s3)cn21. The molecule has 0 radical (unpaired) electrons. The Hall–Kier alpha value is -3.15. The van der Waals surface area contributed by atoms with Crippen LogP contribution in [0.15, 0.2) is 35.3 Å². The van der Waals surface area contributed by atoms with Crippen molar-refractivity contribution in [1.82, 2.24) is 19.7 Å². The topological polar surface area (TPSA) is 107 Å². The minimum absolute atomic E-state index is 0.0185. The molecule has 0 unspecified atom stereocenters. The van der Waals surface area contributed by atoms with Crippen LogP contribution in [-0.4, -0.2) is 69.2 Å². The Morgan fingerprint density at radius 3 is 2.62 bits per heavy atom. The molecule has 3 aromatic rings. The van der Waals surface area contributed by atoms with E-state index < -0.39 is 11.2 Å². The number of nitrogens with zero attached hydrogens (tertiary/aromatic N) is 4. The van der Waals surface area contributed by atoms with E-state index in [0.717, 1.165) is 18.4 Å². The van der Waals surface area contributed by atoms with Crippen LogP contribution >= 0.6 is 11.3 Å². The number of halogens is 1. The average molecular weight is 529 g/mol. The smallest absolute Gasteiger partial charge is 0.274 e. The van der Waals surface area contributed by atoms with E-state index in [0.29, 0.717) is 42.8 Å². The summed E-state index contributed by atoms with van der Waals surface area (Å²) in [7, 11) is 0. The highest BCUT2D eigenvalue weighted by Crippen LogP contribution is 2.36. The summed E-state index contributed by atoms with van der Waals surface area (Å²) in [4.78, 5) is 28.1. The molecule has 196 valence electrons. The van der Waals surface area contributed by atoms with Gasteiger partial charge in [-0.2, -0.15) is 0 Å². The standard InChI is InChI=1S/C26H29FN4O5S/c1-15(2)36-10-9-35-14-19-12-31(18-7-8-18)26(34)22-24(33)23(32)20(13-30(19)22)25-29-28-21(37-25)11-16-3-5-17(27)6-4-16/h3-6,13,15,18-19,33H,7-12,14H2,1-2H3/t19-/m1/s1. The van der Waals surface area contributed by atoms with Crippen molar-refractivity contribution in [3.8, 4) is 16.3 Å². The molecule has 37 heavy (non-hydrogen) atoms. The molecule has 1 aliphatic heterocycles. The van der Waals surface area contributed by atoms with E-state index in [9.17, 15) is 19.1 Å². The van der Waals surface area contributed by atoms with Crippen molar-refractivity contribution in [2.45, 2.75) is 51.3 Å². The minimum Gasteiger partial charge on any atom is -0.503 e. The summed E-state index contributed by atoms with van der Waals surface area (Å²) >= 11 is 1.22. The lowest BCUT2D eigenvalue weighted by Crippen LogP contribution is -2.46. The lowest BCUT2D eigenvalue weighted by molar-refractivity contribution is 0.00440. The number of hydrogen-bond donors (Lipinski definition) is 1. The number of pyridine rings is 1. The number of fused-ring (bicyclic) bond motifs is 1. The molecule has 1 aliphatic carbocycles. The molecule has 11 heteroatoms. The van der Waals surface area contributed by atoms with E-state index in [4.69, 9.17) is 9.47 Å². The Kier molecular flexibility index (Phi) is 7.36. The van der Waals surface area contributed by atoms with E-state index in [1.54, 1.807) is 27.8 Å². The molecular formula is C26H29FN4O5S. The third-order valence-electron chi connectivity index (χ3n) is 6.42. The highest BCUT2D eigenvalue weighted by molar-refractivity contribution is 7.14.